The fourth-order valence-corrected chi connectivity index (χ4v) is 2.04. The summed E-state index contributed by atoms with van der Waals surface area (Å²) in [5.41, 5.74) is 3.71. The molecule has 1 aliphatic rings. The van der Waals surface area contributed by atoms with Gasteiger partial charge in [0.05, 0.1) is 6.54 Å². The lowest BCUT2D eigenvalue weighted by Crippen LogP contribution is -2.37. The fourth-order valence-electron chi connectivity index (χ4n) is 2.04. The molecule has 0 saturated carbocycles. The number of carbonyl (C=O) groups is 2. The van der Waals surface area contributed by atoms with Gasteiger partial charge in [-0.1, -0.05) is 18.2 Å². The van der Waals surface area contributed by atoms with E-state index in [1.807, 2.05) is 6.07 Å². The van der Waals surface area contributed by atoms with Gasteiger partial charge in [0.15, 0.2) is 0 Å². The van der Waals surface area contributed by atoms with E-state index in [-0.39, 0.29) is 30.8 Å². The molecule has 0 radical (unpaired) electrons. The molecule has 0 saturated heterocycles. The number of carbonyl (C=O) groups excluding carboxylic acids is 2. The molecular weight excluding hydrogens is 278 g/mol. The number of hydrogen-bond donors (Lipinski definition) is 2. The Morgan fingerprint density at radius 3 is 2.70 bits per heavy atom. The van der Waals surface area contributed by atoms with Crippen molar-refractivity contribution < 1.29 is 9.59 Å². The van der Waals surface area contributed by atoms with E-state index in [0.29, 0.717) is 6.54 Å². The van der Waals surface area contributed by atoms with Crippen molar-refractivity contribution >= 4 is 24.2 Å². The maximum absolute atomic E-state index is 11.6. The van der Waals surface area contributed by atoms with Crippen molar-refractivity contribution in [2.75, 3.05) is 13.6 Å². The van der Waals surface area contributed by atoms with Gasteiger partial charge < -0.3 is 15.5 Å². The van der Waals surface area contributed by atoms with E-state index in [1.54, 1.807) is 7.05 Å². The highest BCUT2D eigenvalue weighted by atomic mass is 35.5. The van der Waals surface area contributed by atoms with Crippen molar-refractivity contribution in [3.05, 3.63) is 34.9 Å². The molecule has 2 rings (SSSR count). The summed E-state index contributed by atoms with van der Waals surface area (Å²) < 4.78 is 0. The second-order valence-electron chi connectivity index (χ2n) is 4.86. The van der Waals surface area contributed by atoms with Crippen LogP contribution in [0.25, 0.3) is 0 Å². The number of fused-ring (bicyclic) bond motifs is 1. The van der Waals surface area contributed by atoms with Crippen LogP contribution in [-0.2, 0) is 29.2 Å². The van der Waals surface area contributed by atoms with E-state index in [4.69, 9.17) is 0 Å². The number of halogens is 1. The molecule has 0 aromatic heterocycles. The van der Waals surface area contributed by atoms with Gasteiger partial charge in [-0.05, 0) is 16.7 Å². The summed E-state index contributed by atoms with van der Waals surface area (Å²) in [5.74, 6) is -0.255. The summed E-state index contributed by atoms with van der Waals surface area (Å²) in [6, 6.07) is 6.24. The molecule has 1 aliphatic heterocycles. The first kappa shape index (κ1) is 16.5. The first-order chi connectivity index (χ1) is 9.06. The number of rotatable bonds is 4. The van der Waals surface area contributed by atoms with Crippen LogP contribution < -0.4 is 10.6 Å². The lowest BCUT2D eigenvalue weighted by atomic mass is 10.1. The standard InChI is InChI=1S/C14H19N3O2.ClH/c1-10(18)17(2)9-14(19)16-6-11-3-4-12-7-15-8-13(12)5-11;/h3-5,15H,6-9H2,1-2H3,(H,16,19);1H. The number of hydrogen-bond acceptors (Lipinski definition) is 3. The van der Waals surface area contributed by atoms with Crippen molar-refractivity contribution in [2.24, 2.45) is 0 Å². The second-order valence-corrected chi connectivity index (χ2v) is 4.86. The van der Waals surface area contributed by atoms with Crippen LogP contribution in [0.3, 0.4) is 0 Å². The molecule has 6 heteroatoms. The van der Waals surface area contributed by atoms with E-state index in [2.05, 4.69) is 22.8 Å². The lowest BCUT2D eigenvalue weighted by Gasteiger charge is -2.14. The Balaban J connectivity index is 0.00000200. The van der Waals surface area contributed by atoms with Gasteiger partial charge in [0.1, 0.15) is 0 Å². The van der Waals surface area contributed by atoms with E-state index in [9.17, 15) is 9.59 Å². The van der Waals surface area contributed by atoms with Crippen LogP contribution in [0.5, 0.6) is 0 Å². The molecule has 2 N–H and O–H groups in total. The van der Waals surface area contributed by atoms with E-state index in [0.717, 1.165) is 18.7 Å². The Labute approximate surface area is 125 Å². The van der Waals surface area contributed by atoms with Crippen molar-refractivity contribution in [1.82, 2.24) is 15.5 Å². The first-order valence-electron chi connectivity index (χ1n) is 6.36. The molecule has 0 spiro atoms. The molecule has 2 amide bonds. The van der Waals surface area contributed by atoms with Crippen molar-refractivity contribution in [1.29, 1.82) is 0 Å². The molecule has 1 aromatic rings. The van der Waals surface area contributed by atoms with Crippen LogP contribution in [0.15, 0.2) is 18.2 Å². The molecule has 0 aliphatic carbocycles. The van der Waals surface area contributed by atoms with Crippen LogP contribution in [0, 0.1) is 0 Å². The third-order valence-corrected chi connectivity index (χ3v) is 3.31. The number of amides is 2. The molecule has 110 valence electrons. The third kappa shape index (κ3) is 4.21. The zero-order valence-electron chi connectivity index (χ0n) is 11.7. The molecule has 0 atom stereocenters. The van der Waals surface area contributed by atoms with Crippen LogP contribution in [0.4, 0.5) is 0 Å². The van der Waals surface area contributed by atoms with Gasteiger partial charge in [-0.25, -0.2) is 0 Å². The average molecular weight is 298 g/mol. The number of benzene rings is 1. The van der Waals surface area contributed by atoms with Gasteiger partial charge in [0.25, 0.3) is 0 Å². The smallest absolute Gasteiger partial charge is 0.239 e. The number of nitrogens with one attached hydrogen (secondary N) is 2. The fraction of sp³-hybridized carbons (Fsp3) is 0.429. The maximum atomic E-state index is 11.6. The lowest BCUT2D eigenvalue weighted by molar-refractivity contribution is -0.133. The predicted molar refractivity (Wildman–Crippen MR) is 79.4 cm³/mol. The van der Waals surface area contributed by atoms with Crippen LogP contribution in [-0.4, -0.2) is 30.3 Å². The van der Waals surface area contributed by atoms with Gasteiger partial charge >= 0.3 is 0 Å². The van der Waals surface area contributed by atoms with E-state index < -0.39 is 0 Å². The zero-order chi connectivity index (χ0) is 13.8. The SMILES string of the molecule is CC(=O)N(C)CC(=O)NCc1ccc2c(c1)CNC2.Cl. The van der Waals surface area contributed by atoms with Crippen LogP contribution in [0.1, 0.15) is 23.6 Å². The predicted octanol–water partition coefficient (Wildman–Crippen LogP) is 0.806. The topological polar surface area (TPSA) is 61.4 Å². The van der Waals surface area contributed by atoms with Gasteiger partial charge in [-0.15, -0.1) is 12.4 Å². The molecule has 1 aromatic carbocycles. The minimum atomic E-state index is -0.142. The highest BCUT2D eigenvalue weighted by molar-refractivity contribution is 5.85. The first-order valence-corrected chi connectivity index (χ1v) is 6.36. The molecule has 0 fully saturated rings. The van der Waals surface area contributed by atoms with Crippen LogP contribution in [0.2, 0.25) is 0 Å². The van der Waals surface area contributed by atoms with Gasteiger partial charge in [0.2, 0.25) is 11.8 Å². The largest absolute Gasteiger partial charge is 0.350 e. The quantitative estimate of drug-likeness (QED) is 0.864. The normalized spacial score (nSPS) is 12.3. The highest BCUT2D eigenvalue weighted by Gasteiger charge is 2.11. The molecule has 5 nitrogen and oxygen atoms in total. The van der Waals surface area contributed by atoms with E-state index >= 15 is 0 Å². The number of nitrogens with zero attached hydrogens (tertiary/aromatic N) is 1. The van der Waals surface area contributed by atoms with Gasteiger partial charge in [-0.3, -0.25) is 9.59 Å². The monoisotopic (exact) mass is 297 g/mol. The van der Waals surface area contributed by atoms with Crippen molar-refractivity contribution in [2.45, 2.75) is 26.6 Å². The van der Waals surface area contributed by atoms with Crippen LogP contribution >= 0.6 is 12.4 Å². The van der Waals surface area contributed by atoms with Crippen molar-refractivity contribution in [3.8, 4) is 0 Å². The summed E-state index contributed by atoms with van der Waals surface area (Å²) in [6.07, 6.45) is 0. The molecule has 20 heavy (non-hydrogen) atoms. The molecule has 1 heterocycles. The highest BCUT2D eigenvalue weighted by Crippen LogP contribution is 2.16. The van der Waals surface area contributed by atoms with E-state index in [1.165, 1.54) is 23.0 Å². The molecular formula is C14H20ClN3O2. The minimum absolute atomic E-state index is 0. The summed E-state index contributed by atoms with van der Waals surface area (Å²) >= 11 is 0. The maximum Gasteiger partial charge on any atom is 0.239 e. The van der Waals surface area contributed by atoms with Crippen molar-refractivity contribution in [3.63, 3.8) is 0 Å². The van der Waals surface area contributed by atoms with Gasteiger partial charge in [-0.2, -0.15) is 0 Å². The summed E-state index contributed by atoms with van der Waals surface area (Å²) in [4.78, 5) is 24.1. The summed E-state index contributed by atoms with van der Waals surface area (Å²) in [5, 5.41) is 6.11. The molecule has 0 bridgehead atoms. The Kier molecular flexibility index (Phi) is 5.98. The Hall–Kier alpha value is -1.59. The summed E-state index contributed by atoms with van der Waals surface area (Å²) in [6.45, 7) is 3.86. The molecule has 0 unspecified atom stereocenters. The second kappa shape index (κ2) is 7.26. The Morgan fingerprint density at radius 1 is 1.30 bits per heavy atom. The summed E-state index contributed by atoms with van der Waals surface area (Å²) in [7, 11) is 1.61. The minimum Gasteiger partial charge on any atom is -0.350 e. The van der Waals surface area contributed by atoms with Gasteiger partial charge in [0, 0.05) is 33.6 Å². The Morgan fingerprint density at radius 2 is 2.00 bits per heavy atom. The third-order valence-electron chi connectivity index (χ3n) is 3.31. The zero-order valence-corrected chi connectivity index (χ0v) is 12.5. The Bertz CT molecular complexity index is 505. The number of likely N-dealkylation sites (N-methyl/N-ethyl adjacent to an activating group) is 1. The average Bonchev–Trinajstić information content (AvgIpc) is 2.83.